The first-order chi connectivity index (χ1) is 11.6. The van der Waals surface area contributed by atoms with E-state index in [1.807, 2.05) is 0 Å². The highest BCUT2D eigenvalue weighted by atomic mass is 19.1. The van der Waals surface area contributed by atoms with E-state index in [0.29, 0.717) is 11.3 Å². The molecule has 0 atom stereocenters. The largest absolute Gasteiger partial charge is 0.352 e. The molecule has 1 aliphatic rings. The number of amides is 1. The average Bonchev–Trinajstić information content (AvgIpc) is 2.59. The molecule has 0 saturated heterocycles. The van der Waals surface area contributed by atoms with Gasteiger partial charge in [-0.1, -0.05) is 19.3 Å². The smallest absolute Gasteiger partial charge is 0.253 e. The van der Waals surface area contributed by atoms with Gasteiger partial charge in [-0.3, -0.25) is 9.78 Å². The first-order valence-corrected chi connectivity index (χ1v) is 8.10. The Bertz CT molecular complexity index is 730. The van der Waals surface area contributed by atoms with Crippen LogP contribution in [0, 0.1) is 11.6 Å². The lowest BCUT2D eigenvalue weighted by molar-refractivity contribution is 0.0927. The molecule has 3 rings (SSSR count). The van der Waals surface area contributed by atoms with Gasteiger partial charge < -0.3 is 10.6 Å². The molecule has 1 aliphatic carbocycles. The summed E-state index contributed by atoms with van der Waals surface area (Å²) in [7, 11) is 0. The fourth-order valence-corrected chi connectivity index (χ4v) is 2.89. The van der Waals surface area contributed by atoms with Crippen LogP contribution in [0.1, 0.15) is 42.5 Å². The molecule has 0 unspecified atom stereocenters. The molecule has 24 heavy (non-hydrogen) atoms. The third-order valence-electron chi connectivity index (χ3n) is 4.15. The van der Waals surface area contributed by atoms with Crippen molar-refractivity contribution in [3.05, 3.63) is 53.9 Å². The van der Waals surface area contributed by atoms with Gasteiger partial charge in [0.05, 0.1) is 23.1 Å². The van der Waals surface area contributed by atoms with Crippen LogP contribution in [0.2, 0.25) is 0 Å². The predicted molar refractivity (Wildman–Crippen MR) is 88.2 cm³/mol. The molecule has 2 N–H and O–H groups in total. The number of hydrogen-bond acceptors (Lipinski definition) is 3. The molecule has 126 valence electrons. The first kappa shape index (κ1) is 16.4. The third-order valence-corrected chi connectivity index (χ3v) is 4.15. The summed E-state index contributed by atoms with van der Waals surface area (Å²) in [5, 5.41) is 5.83. The second-order valence-corrected chi connectivity index (χ2v) is 6.02. The summed E-state index contributed by atoms with van der Waals surface area (Å²) in [5.74, 6) is -1.53. The summed E-state index contributed by atoms with van der Waals surface area (Å²) in [6.07, 6.45) is 8.44. The van der Waals surface area contributed by atoms with Crippen molar-refractivity contribution in [3.8, 4) is 0 Å². The Morgan fingerprint density at radius 2 is 1.88 bits per heavy atom. The quantitative estimate of drug-likeness (QED) is 0.884. The molecular formula is C18H19F2N3O. The van der Waals surface area contributed by atoms with Gasteiger partial charge in [-0.2, -0.15) is 0 Å². The van der Waals surface area contributed by atoms with Crippen molar-refractivity contribution >= 4 is 17.3 Å². The Balaban J connectivity index is 1.70. The van der Waals surface area contributed by atoms with E-state index in [9.17, 15) is 13.6 Å². The number of pyridine rings is 1. The van der Waals surface area contributed by atoms with Gasteiger partial charge in [-0.25, -0.2) is 8.78 Å². The van der Waals surface area contributed by atoms with Gasteiger partial charge in [-0.15, -0.1) is 0 Å². The van der Waals surface area contributed by atoms with Gasteiger partial charge in [0, 0.05) is 18.3 Å². The van der Waals surface area contributed by atoms with Crippen molar-refractivity contribution < 1.29 is 13.6 Å². The molecule has 1 saturated carbocycles. The number of anilines is 2. The number of nitrogens with one attached hydrogen (secondary N) is 2. The number of carbonyl (C=O) groups is 1. The molecule has 2 aromatic rings. The summed E-state index contributed by atoms with van der Waals surface area (Å²) < 4.78 is 26.6. The SMILES string of the molecule is O=C(NC1CCCCC1)c1cncc(Nc2ccc(F)cc2F)c1. The maximum Gasteiger partial charge on any atom is 0.253 e. The average molecular weight is 331 g/mol. The minimum atomic E-state index is -0.702. The van der Waals surface area contributed by atoms with Gasteiger partial charge in [0.15, 0.2) is 0 Å². The van der Waals surface area contributed by atoms with Gasteiger partial charge in [0.1, 0.15) is 11.6 Å². The Hall–Kier alpha value is -2.50. The van der Waals surface area contributed by atoms with Crippen molar-refractivity contribution in [2.24, 2.45) is 0 Å². The van der Waals surface area contributed by atoms with Crippen molar-refractivity contribution in [1.29, 1.82) is 0 Å². The molecule has 1 heterocycles. The molecule has 4 nitrogen and oxygen atoms in total. The minimum Gasteiger partial charge on any atom is -0.352 e. The maximum atomic E-state index is 13.7. The van der Waals surface area contributed by atoms with E-state index < -0.39 is 11.6 Å². The van der Waals surface area contributed by atoms with Crippen LogP contribution in [-0.2, 0) is 0 Å². The van der Waals surface area contributed by atoms with E-state index in [-0.39, 0.29) is 17.6 Å². The van der Waals surface area contributed by atoms with Crippen LogP contribution < -0.4 is 10.6 Å². The highest BCUT2D eigenvalue weighted by Crippen LogP contribution is 2.21. The molecule has 1 aromatic heterocycles. The maximum absolute atomic E-state index is 13.7. The van der Waals surface area contributed by atoms with Gasteiger partial charge >= 0.3 is 0 Å². The standard InChI is InChI=1S/C18H19F2N3O/c19-13-6-7-17(16(20)9-13)22-15-8-12(10-21-11-15)18(24)23-14-4-2-1-3-5-14/h6-11,14,22H,1-5H2,(H,23,24). The molecular weight excluding hydrogens is 312 g/mol. The number of halogens is 2. The number of nitrogens with zero attached hydrogens (tertiary/aromatic N) is 1. The molecule has 0 bridgehead atoms. The van der Waals surface area contributed by atoms with E-state index in [0.717, 1.165) is 31.7 Å². The van der Waals surface area contributed by atoms with Crippen LogP contribution in [-0.4, -0.2) is 16.9 Å². The van der Waals surface area contributed by atoms with E-state index >= 15 is 0 Å². The van der Waals surface area contributed by atoms with Crippen molar-refractivity contribution in [2.75, 3.05) is 5.32 Å². The summed E-state index contributed by atoms with van der Waals surface area (Å²) in [6, 6.07) is 5.08. The fraction of sp³-hybridized carbons (Fsp3) is 0.333. The van der Waals surface area contributed by atoms with E-state index in [2.05, 4.69) is 15.6 Å². The highest BCUT2D eigenvalue weighted by molar-refractivity contribution is 5.95. The van der Waals surface area contributed by atoms with E-state index in [1.54, 1.807) is 6.07 Å². The van der Waals surface area contributed by atoms with Gasteiger partial charge in [0.25, 0.3) is 5.91 Å². The van der Waals surface area contributed by atoms with Crippen LogP contribution in [0.25, 0.3) is 0 Å². The summed E-state index contributed by atoms with van der Waals surface area (Å²) in [5.41, 5.74) is 1.01. The Labute approximate surface area is 139 Å². The van der Waals surface area contributed by atoms with Crippen LogP contribution in [0.3, 0.4) is 0 Å². The topological polar surface area (TPSA) is 54.0 Å². The molecule has 6 heteroatoms. The van der Waals surface area contributed by atoms with E-state index in [4.69, 9.17) is 0 Å². The number of aromatic nitrogens is 1. The number of benzene rings is 1. The van der Waals surface area contributed by atoms with Crippen molar-refractivity contribution in [3.63, 3.8) is 0 Å². The van der Waals surface area contributed by atoms with E-state index in [1.165, 1.54) is 30.9 Å². The second kappa shape index (κ2) is 7.38. The number of rotatable bonds is 4. The van der Waals surface area contributed by atoms with Gasteiger partial charge in [0.2, 0.25) is 0 Å². The number of carbonyl (C=O) groups excluding carboxylic acids is 1. The van der Waals surface area contributed by atoms with Crippen LogP contribution in [0.5, 0.6) is 0 Å². The molecule has 0 radical (unpaired) electrons. The third kappa shape index (κ3) is 4.07. The monoisotopic (exact) mass is 331 g/mol. The zero-order valence-corrected chi connectivity index (χ0v) is 13.2. The lowest BCUT2D eigenvalue weighted by Crippen LogP contribution is -2.36. The summed E-state index contributed by atoms with van der Waals surface area (Å²) in [4.78, 5) is 16.3. The van der Waals surface area contributed by atoms with Crippen molar-refractivity contribution in [2.45, 2.75) is 38.1 Å². The Morgan fingerprint density at radius 1 is 1.08 bits per heavy atom. The highest BCUT2D eigenvalue weighted by Gasteiger charge is 2.17. The Morgan fingerprint density at radius 3 is 2.62 bits per heavy atom. The molecule has 1 aromatic carbocycles. The zero-order chi connectivity index (χ0) is 16.9. The zero-order valence-electron chi connectivity index (χ0n) is 13.2. The van der Waals surface area contributed by atoms with Crippen molar-refractivity contribution in [1.82, 2.24) is 10.3 Å². The van der Waals surface area contributed by atoms with Crippen LogP contribution in [0.4, 0.5) is 20.2 Å². The molecule has 1 fully saturated rings. The summed E-state index contributed by atoms with van der Waals surface area (Å²) >= 11 is 0. The van der Waals surface area contributed by atoms with Crippen LogP contribution >= 0.6 is 0 Å². The fourth-order valence-electron chi connectivity index (χ4n) is 2.89. The molecule has 0 spiro atoms. The molecule has 1 amide bonds. The first-order valence-electron chi connectivity index (χ1n) is 8.10. The van der Waals surface area contributed by atoms with Gasteiger partial charge in [-0.05, 0) is 31.0 Å². The lowest BCUT2D eigenvalue weighted by Gasteiger charge is -2.22. The minimum absolute atomic E-state index is 0.128. The lowest BCUT2D eigenvalue weighted by atomic mass is 9.95. The predicted octanol–water partition coefficient (Wildman–Crippen LogP) is 4.17. The molecule has 0 aliphatic heterocycles. The Kier molecular flexibility index (Phi) is 5.03. The second-order valence-electron chi connectivity index (χ2n) is 6.02. The summed E-state index contributed by atoms with van der Waals surface area (Å²) in [6.45, 7) is 0. The van der Waals surface area contributed by atoms with Crippen LogP contribution in [0.15, 0.2) is 36.7 Å². The number of hydrogen-bond donors (Lipinski definition) is 2. The normalized spacial score (nSPS) is 15.1.